The standard InChI is InChI=1S/C13H20FNO3/c1-18-9-4-13(5-9)2-8(3-13)12(17)15-6-10(14)11(16)7-15/h8-11,16H,2-7H2,1H3/t8?,9?,10-,11-,13?/m1/s1. The molecule has 1 spiro atoms. The van der Waals surface area contributed by atoms with E-state index in [0.29, 0.717) is 11.5 Å². The Balaban J connectivity index is 1.49. The fraction of sp³-hybridized carbons (Fsp3) is 0.923. The van der Waals surface area contributed by atoms with Crippen LogP contribution in [-0.2, 0) is 9.53 Å². The van der Waals surface area contributed by atoms with Gasteiger partial charge in [-0.05, 0) is 31.1 Å². The summed E-state index contributed by atoms with van der Waals surface area (Å²) in [5, 5.41) is 9.33. The van der Waals surface area contributed by atoms with Crippen LogP contribution in [0.25, 0.3) is 0 Å². The van der Waals surface area contributed by atoms with Crippen LogP contribution >= 0.6 is 0 Å². The quantitative estimate of drug-likeness (QED) is 0.793. The molecule has 0 bridgehead atoms. The summed E-state index contributed by atoms with van der Waals surface area (Å²) in [4.78, 5) is 13.6. The molecule has 1 N–H and O–H groups in total. The lowest BCUT2D eigenvalue weighted by atomic mass is 9.50. The molecule has 0 aromatic carbocycles. The SMILES string of the molecule is COC1CC2(C1)CC(C(=O)N1C[C@@H](O)[C@H](F)C1)C2. The number of carbonyl (C=O) groups excluding carboxylic acids is 1. The van der Waals surface area contributed by atoms with E-state index < -0.39 is 12.3 Å². The summed E-state index contributed by atoms with van der Waals surface area (Å²) in [7, 11) is 1.73. The number of ether oxygens (including phenoxy) is 1. The highest BCUT2D eigenvalue weighted by Gasteiger charge is 2.56. The van der Waals surface area contributed by atoms with E-state index in [0.717, 1.165) is 25.7 Å². The molecule has 1 amide bonds. The molecule has 0 unspecified atom stereocenters. The van der Waals surface area contributed by atoms with Crippen molar-refractivity contribution in [3.63, 3.8) is 0 Å². The van der Waals surface area contributed by atoms with Crippen molar-refractivity contribution in [2.45, 2.75) is 44.1 Å². The van der Waals surface area contributed by atoms with Gasteiger partial charge < -0.3 is 14.7 Å². The number of hydrogen-bond donors (Lipinski definition) is 1. The molecule has 1 aliphatic heterocycles. The van der Waals surface area contributed by atoms with Crippen LogP contribution in [0.5, 0.6) is 0 Å². The number of methoxy groups -OCH3 is 1. The molecular weight excluding hydrogens is 237 g/mol. The Labute approximate surface area is 106 Å². The first-order valence-corrected chi connectivity index (χ1v) is 6.67. The number of halogens is 1. The molecule has 4 nitrogen and oxygen atoms in total. The van der Waals surface area contributed by atoms with Gasteiger partial charge in [0, 0.05) is 19.6 Å². The van der Waals surface area contributed by atoms with Gasteiger partial charge in [-0.1, -0.05) is 0 Å². The molecule has 0 radical (unpaired) electrons. The van der Waals surface area contributed by atoms with E-state index in [1.807, 2.05) is 0 Å². The van der Waals surface area contributed by atoms with Gasteiger partial charge in [-0.3, -0.25) is 4.79 Å². The maximum atomic E-state index is 13.2. The molecule has 2 saturated carbocycles. The first kappa shape index (κ1) is 12.4. The monoisotopic (exact) mass is 257 g/mol. The van der Waals surface area contributed by atoms with E-state index in [1.54, 1.807) is 7.11 Å². The van der Waals surface area contributed by atoms with Crippen molar-refractivity contribution in [3.05, 3.63) is 0 Å². The Morgan fingerprint density at radius 1 is 1.33 bits per heavy atom. The number of rotatable bonds is 2. The number of carbonyl (C=O) groups is 1. The molecule has 0 aromatic rings. The molecule has 1 saturated heterocycles. The molecule has 2 atom stereocenters. The number of amides is 1. The largest absolute Gasteiger partial charge is 0.388 e. The van der Waals surface area contributed by atoms with Crippen LogP contribution in [-0.4, -0.2) is 54.5 Å². The Morgan fingerprint density at radius 2 is 2.00 bits per heavy atom. The van der Waals surface area contributed by atoms with Gasteiger partial charge in [-0.2, -0.15) is 0 Å². The van der Waals surface area contributed by atoms with E-state index in [2.05, 4.69) is 0 Å². The third-order valence-electron chi connectivity index (χ3n) is 4.89. The Morgan fingerprint density at radius 3 is 2.50 bits per heavy atom. The van der Waals surface area contributed by atoms with E-state index in [4.69, 9.17) is 4.74 Å². The van der Waals surface area contributed by atoms with Gasteiger partial charge in [-0.15, -0.1) is 0 Å². The first-order valence-electron chi connectivity index (χ1n) is 6.67. The lowest BCUT2D eigenvalue weighted by Gasteiger charge is -2.57. The predicted molar refractivity (Wildman–Crippen MR) is 62.7 cm³/mol. The van der Waals surface area contributed by atoms with Crippen molar-refractivity contribution >= 4 is 5.91 Å². The summed E-state index contributed by atoms with van der Waals surface area (Å²) >= 11 is 0. The van der Waals surface area contributed by atoms with Crippen LogP contribution in [0, 0.1) is 11.3 Å². The van der Waals surface area contributed by atoms with Crippen LogP contribution in [0.3, 0.4) is 0 Å². The highest BCUT2D eigenvalue weighted by atomic mass is 19.1. The van der Waals surface area contributed by atoms with E-state index in [9.17, 15) is 14.3 Å². The molecule has 3 fully saturated rings. The number of alkyl halides is 1. The summed E-state index contributed by atoms with van der Waals surface area (Å²) in [6.07, 6.45) is 2.03. The van der Waals surface area contributed by atoms with Crippen LogP contribution < -0.4 is 0 Å². The van der Waals surface area contributed by atoms with Gasteiger partial charge in [0.05, 0.1) is 12.6 Å². The molecule has 102 valence electrons. The topological polar surface area (TPSA) is 49.8 Å². The molecule has 18 heavy (non-hydrogen) atoms. The van der Waals surface area contributed by atoms with Crippen molar-refractivity contribution in [2.24, 2.45) is 11.3 Å². The second-order valence-corrected chi connectivity index (χ2v) is 6.20. The number of aliphatic hydroxyl groups is 1. The normalized spacial score (nSPS) is 46.9. The smallest absolute Gasteiger partial charge is 0.225 e. The van der Waals surface area contributed by atoms with Gasteiger partial charge in [-0.25, -0.2) is 4.39 Å². The van der Waals surface area contributed by atoms with Crippen LogP contribution in [0.2, 0.25) is 0 Å². The second-order valence-electron chi connectivity index (χ2n) is 6.20. The average Bonchev–Trinajstić information content (AvgIpc) is 2.55. The Hall–Kier alpha value is -0.680. The second kappa shape index (κ2) is 4.17. The number of aliphatic hydroxyl groups excluding tert-OH is 1. The number of likely N-dealkylation sites (tertiary alicyclic amines) is 1. The summed E-state index contributed by atoms with van der Waals surface area (Å²) < 4.78 is 18.4. The fourth-order valence-electron chi connectivity index (χ4n) is 3.75. The summed E-state index contributed by atoms with van der Waals surface area (Å²) in [5.74, 6) is 0.0704. The predicted octanol–water partition coefficient (Wildman–Crippen LogP) is 0.733. The molecule has 3 aliphatic rings. The van der Waals surface area contributed by atoms with Gasteiger partial charge >= 0.3 is 0 Å². The van der Waals surface area contributed by atoms with Crippen molar-refractivity contribution in [3.8, 4) is 0 Å². The van der Waals surface area contributed by atoms with Gasteiger partial charge in [0.15, 0.2) is 0 Å². The van der Waals surface area contributed by atoms with Crippen LogP contribution in [0.15, 0.2) is 0 Å². The van der Waals surface area contributed by atoms with Crippen molar-refractivity contribution in [2.75, 3.05) is 20.2 Å². The highest BCUT2D eigenvalue weighted by molar-refractivity contribution is 5.80. The zero-order chi connectivity index (χ0) is 12.9. The van der Waals surface area contributed by atoms with Gasteiger partial charge in [0.25, 0.3) is 0 Å². The van der Waals surface area contributed by atoms with E-state index in [1.165, 1.54) is 4.90 Å². The third kappa shape index (κ3) is 1.84. The van der Waals surface area contributed by atoms with E-state index >= 15 is 0 Å². The summed E-state index contributed by atoms with van der Waals surface area (Å²) in [6.45, 7) is 0.217. The number of nitrogens with zero attached hydrogens (tertiary/aromatic N) is 1. The molecule has 5 heteroatoms. The highest BCUT2D eigenvalue weighted by Crippen LogP contribution is 2.59. The lowest BCUT2D eigenvalue weighted by Crippen LogP contribution is -2.54. The van der Waals surface area contributed by atoms with Crippen LogP contribution in [0.4, 0.5) is 4.39 Å². The van der Waals surface area contributed by atoms with Crippen LogP contribution in [0.1, 0.15) is 25.7 Å². The summed E-state index contributed by atoms with van der Waals surface area (Å²) in [5.41, 5.74) is 0.328. The Bertz CT molecular complexity index is 338. The minimum Gasteiger partial charge on any atom is -0.388 e. The fourth-order valence-corrected chi connectivity index (χ4v) is 3.75. The molecule has 0 aromatic heterocycles. The van der Waals surface area contributed by atoms with Crippen molar-refractivity contribution in [1.29, 1.82) is 0 Å². The zero-order valence-electron chi connectivity index (χ0n) is 10.6. The van der Waals surface area contributed by atoms with Gasteiger partial charge in [0.2, 0.25) is 5.91 Å². The molecular formula is C13H20FNO3. The van der Waals surface area contributed by atoms with Gasteiger partial charge in [0.1, 0.15) is 12.3 Å². The minimum atomic E-state index is -1.27. The lowest BCUT2D eigenvalue weighted by molar-refractivity contribution is -0.160. The third-order valence-corrected chi connectivity index (χ3v) is 4.89. The maximum absolute atomic E-state index is 13.2. The Kier molecular flexibility index (Phi) is 2.86. The van der Waals surface area contributed by atoms with E-state index in [-0.39, 0.29) is 24.9 Å². The average molecular weight is 257 g/mol. The molecule has 2 aliphatic carbocycles. The van der Waals surface area contributed by atoms with Crippen molar-refractivity contribution in [1.82, 2.24) is 4.90 Å². The number of β-amino-alcohol motifs (C(OH)–C–C–N with tert-alkyl or cyclic N) is 1. The van der Waals surface area contributed by atoms with Crippen molar-refractivity contribution < 1.29 is 19.0 Å². The molecule has 3 rings (SSSR count). The zero-order valence-corrected chi connectivity index (χ0v) is 10.6. The maximum Gasteiger partial charge on any atom is 0.225 e. The summed E-state index contributed by atoms with van der Waals surface area (Å²) in [6, 6.07) is 0. The number of hydrogen-bond acceptors (Lipinski definition) is 3. The first-order chi connectivity index (χ1) is 8.53. The molecule has 1 heterocycles. The minimum absolute atomic E-state index is 0.0284.